The molecular formula is C14H24N4O. The fraction of sp³-hybridized carbons (Fsp3) is 0.714. The van der Waals surface area contributed by atoms with Crippen LogP contribution in [0.4, 0.5) is 0 Å². The van der Waals surface area contributed by atoms with Crippen molar-refractivity contribution in [2.24, 2.45) is 5.92 Å². The number of imidazole rings is 1. The summed E-state index contributed by atoms with van der Waals surface area (Å²) >= 11 is 0. The molecule has 5 heteroatoms. The molecule has 106 valence electrons. The monoisotopic (exact) mass is 264 g/mol. The first-order chi connectivity index (χ1) is 9.24. The Labute approximate surface area is 115 Å². The first-order valence-electron chi connectivity index (χ1n) is 7.15. The lowest BCUT2D eigenvalue weighted by molar-refractivity contribution is -0.122. The Morgan fingerprint density at radius 1 is 1.42 bits per heavy atom. The van der Waals surface area contributed by atoms with Crippen molar-refractivity contribution < 1.29 is 4.79 Å². The van der Waals surface area contributed by atoms with Crippen LogP contribution in [0.3, 0.4) is 0 Å². The molecule has 1 aliphatic heterocycles. The van der Waals surface area contributed by atoms with E-state index < -0.39 is 0 Å². The van der Waals surface area contributed by atoms with Crippen LogP contribution in [0.2, 0.25) is 0 Å². The van der Waals surface area contributed by atoms with Crippen LogP contribution in [-0.2, 0) is 11.3 Å². The van der Waals surface area contributed by atoms with E-state index in [1.54, 1.807) is 12.5 Å². The van der Waals surface area contributed by atoms with E-state index in [-0.39, 0.29) is 5.91 Å². The van der Waals surface area contributed by atoms with Crippen molar-refractivity contribution in [1.82, 2.24) is 19.8 Å². The number of amides is 1. The Morgan fingerprint density at radius 3 is 2.89 bits per heavy atom. The number of piperidine rings is 1. The number of likely N-dealkylation sites (tertiary alicyclic amines) is 1. The molecular weight excluding hydrogens is 240 g/mol. The molecule has 1 fully saturated rings. The number of carbonyl (C=O) groups is 1. The third-order valence-electron chi connectivity index (χ3n) is 3.79. The summed E-state index contributed by atoms with van der Waals surface area (Å²) in [7, 11) is 2.15. The van der Waals surface area contributed by atoms with Crippen molar-refractivity contribution in [1.29, 1.82) is 0 Å². The van der Waals surface area contributed by atoms with Crippen molar-refractivity contribution in [2.75, 3.05) is 26.7 Å². The van der Waals surface area contributed by atoms with Gasteiger partial charge in [0.2, 0.25) is 5.91 Å². The molecule has 0 atom stereocenters. The number of hydrogen-bond donors (Lipinski definition) is 1. The highest BCUT2D eigenvalue weighted by molar-refractivity contribution is 5.76. The summed E-state index contributed by atoms with van der Waals surface area (Å²) in [6.45, 7) is 3.91. The molecule has 19 heavy (non-hydrogen) atoms. The van der Waals surface area contributed by atoms with Gasteiger partial charge >= 0.3 is 0 Å². The predicted molar refractivity (Wildman–Crippen MR) is 74.7 cm³/mol. The molecule has 0 unspecified atom stereocenters. The lowest BCUT2D eigenvalue weighted by Gasteiger charge is -2.28. The normalized spacial score (nSPS) is 17.5. The SMILES string of the molecule is CN1CCC(CC(=O)NCCCn2ccnc2)CC1. The van der Waals surface area contributed by atoms with Crippen LogP contribution in [0.15, 0.2) is 18.7 Å². The molecule has 0 saturated carbocycles. The summed E-state index contributed by atoms with van der Waals surface area (Å²) < 4.78 is 2.03. The molecule has 2 heterocycles. The molecule has 1 aromatic heterocycles. The number of nitrogens with zero attached hydrogens (tertiary/aromatic N) is 3. The van der Waals surface area contributed by atoms with Gasteiger partial charge in [0.15, 0.2) is 0 Å². The minimum atomic E-state index is 0.209. The van der Waals surface area contributed by atoms with Gasteiger partial charge in [0, 0.05) is 31.9 Å². The Balaban J connectivity index is 1.54. The van der Waals surface area contributed by atoms with Gasteiger partial charge in [0.05, 0.1) is 6.33 Å². The number of rotatable bonds is 6. The quantitative estimate of drug-likeness (QED) is 0.783. The Kier molecular flexibility index (Phi) is 5.39. The van der Waals surface area contributed by atoms with Crippen LogP contribution in [0.1, 0.15) is 25.7 Å². The van der Waals surface area contributed by atoms with Gasteiger partial charge in [0.1, 0.15) is 0 Å². The van der Waals surface area contributed by atoms with E-state index in [2.05, 4.69) is 22.2 Å². The van der Waals surface area contributed by atoms with Crippen LogP contribution in [-0.4, -0.2) is 47.0 Å². The van der Waals surface area contributed by atoms with Gasteiger partial charge in [-0.25, -0.2) is 4.98 Å². The Hall–Kier alpha value is -1.36. The number of carbonyl (C=O) groups excluding carboxylic acids is 1. The highest BCUT2D eigenvalue weighted by Crippen LogP contribution is 2.19. The zero-order valence-electron chi connectivity index (χ0n) is 11.7. The predicted octanol–water partition coefficient (Wildman–Crippen LogP) is 1.12. The number of aryl methyl sites for hydroxylation is 1. The lowest BCUT2D eigenvalue weighted by atomic mass is 9.93. The summed E-state index contributed by atoms with van der Waals surface area (Å²) in [5, 5.41) is 3.02. The van der Waals surface area contributed by atoms with E-state index >= 15 is 0 Å². The van der Waals surface area contributed by atoms with Gasteiger partial charge < -0.3 is 14.8 Å². The first-order valence-corrected chi connectivity index (χ1v) is 7.15. The second kappa shape index (κ2) is 7.28. The number of nitrogens with one attached hydrogen (secondary N) is 1. The standard InChI is InChI=1S/C14H24N4O/c1-17-8-3-13(4-9-17)11-14(19)16-5-2-7-18-10-6-15-12-18/h6,10,12-13H,2-5,7-9,11H2,1H3,(H,16,19). The second-order valence-corrected chi connectivity index (χ2v) is 5.45. The van der Waals surface area contributed by atoms with Crippen LogP contribution < -0.4 is 5.32 Å². The zero-order chi connectivity index (χ0) is 13.5. The smallest absolute Gasteiger partial charge is 0.220 e. The molecule has 0 aliphatic carbocycles. The van der Waals surface area contributed by atoms with Crippen molar-refractivity contribution >= 4 is 5.91 Å². The maximum atomic E-state index is 11.8. The van der Waals surface area contributed by atoms with Crippen LogP contribution >= 0.6 is 0 Å². The molecule has 1 aromatic rings. The Bertz CT molecular complexity index is 369. The molecule has 1 amide bonds. The summed E-state index contributed by atoms with van der Waals surface area (Å²) in [6, 6.07) is 0. The zero-order valence-corrected chi connectivity index (χ0v) is 11.7. The van der Waals surface area contributed by atoms with Crippen molar-refractivity contribution in [3.8, 4) is 0 Å². The summed E-state index contributed by atoms with van der Waals surface area (Å²) in [5.74, 6) is 0.782. The van der Waals surface area contributed by atoms with Crippen LogP contribution in [0.5, 0.6) is 0 Å². The number of hydrogen-bond acceptors (Lipinski definition) is 3. The third kappa shape index (κ3) is 5.03. The average Bonchev–Trinajstić information content (AvgIpc) is 2.91. The van der Waals surface area contributed by atoms with Crippen LogP contribution in [0.25, 0.3) is 0 Å². The van der Waals surface area contributed by atoms with E-state index in [1.165, 1.54) is 0 Å². The molecule has 1 aliphatic rings. The van der Waals surface area contributed by atoms with Gasteiger partial charge in [-0.1, -0.05) is 0 Å². The van der Waals surface area contributed by atoms with Gasteiger partial charge in [-0.15, -0.1) is 0 Å². The minimum absolute atomic E-state index is 0.209. The highest BCUT2D eigenvalue weighted by Gasteiger charge is 2.19. The molecule has 0 bridgehead atoms. The minimum Gasteiger partial charge on any atom is -0.356 e. The maximum absolute atomic E-state index is 11.8. The largest absolute Gasteiger partial charge is 0.356 e. The van der Waals surface area contributed by atoms with Crippen molar-refractivity contribution in [3.63, 3.8) is 0 Å². The van der Waals surface area contributed by atoms with Gasteiger partial charge in [-0.3, -0.25) is 4.79 Å². The molecule has 5 nitrogen and oxygen atoms in total. The molecule has 2 rings (SSSR count). The Morgan fingerprint density at radius 2 is 2.21 bits per heavy atom. The van der Waals surface area contributed by atoms with E-state index in [0.717, 1.165) is 45.4 Å². The fourth-order valence-corrected chi connectivity index (χ4v) is 2.51. The highest BCUT2D eigenvalue weighted by atomic mass is 16.1. The van der Waals surface area contributed by atoms with Crippen molar-refractivity contribution in [2.45, 2.75) is 32.2 Å². The summed E-state index contributed by atoms with van der Waals surface area (Å²) in [4.78, 5) is 18.1. The van der Waals surface area contributed by atoms with E-state index in [1.807, 2.05) is 10.8 Å². The van der Waals surface area contributed by atoms with E-state index in [0.29, 0.717) is 12.3 Å². The molecule has 0 radical (unpaired) electrons. The summed E-state index contributed by atoms with van der Waals surface area (Å²) in [5.41, 5.74) is 0. The maximum Gasteiger partial charge on any atom is 0.220 e. The third-order valence-corrected chi connectivity index (χ3v) is 3.79. The van der Waals surface area contributed by atoms with Gasteiger partial charge in [-0.2, -0.15) is 0 Å². The topological polar surface area (TPSA) is 50.2 Å². The van der Waals surface area contributed by atoms with Crippen LogP contribution in [0, 0.1) is 5.92 Å². The summed E-state index contributed by atoms with van der Waals surface area (Å²) in [6.07, 6.45) is 9.48. The van der Waals surface area contributed by atoms with E-state index in [4.69, 9.17) is 0 Å². The van der Waals surface area contributed by atoms with E-state index in [9.17, 15) is 4.79 Å². The molecule has 1 saturated heterocycles. The van der Waals surface area contributed by atoms with Gasteiger partial charge in [0.25, 0.3) is 0 Å². The number of aromatic nitrogens is 2. The average molecular weight is 264 g/mol. The lowest BCUT2D eigenvalue weighted by Crippen LogP contribution is -2.33. The molecule has 1 N–H and O–H groups in total. The second-order valence-electron chi connectivity index (χ2n) is 5.45. The molecule has 0 aromatic carbocycles. The first kappa shape index (κ1) is 14.1. The molecule has 0 spiro atoms. The fourth-order valence-electron chi connectivity index (χ4n) is 2.51. The van der Waals surface area contributed by atoms with Crippen molar-refractivity contribution in [3.05, 3.63) is 18.7 Å². The van der Waals surface area contributed by atoms with Gasteiger partial charge in [-0.05, 0) is 45.3 Å².